The Hall–Kier alpha value is -2.11. The van der Waals surface area contributed by atoms with Crippen molar-refractivity contribution in [1.29, 1.82) is 5.26 Å². The van der Waals surface area contributed by atoms with Crippen LogP contribution in [0.3, 0.4) is 0 Å². The van der Waals surface area contributed by atoms with Crippen molar-refractivity contribution in [3.05, 3.63) is 31.9 Å². The van der Waals surface area contributed by atoms with E-state index >= 15 is 0 Å². The Labute approximate surface area is 232 Å². The van der Waals surface area contributed by atoms with Crippen molar-refractivity contribution in [3.63, 3.8) is 0 Å². The van der Waals surface area contributed by atoms with E-state index in [0.29, 0.717) is 39.7 Å². The highest BCUT2D eigenvalue weighted by atomic mass is 32.2. The second-order valence-corrected chi connectivity index (χ2v) is 12.2. The number of anilines is 1. The number of carbonyl (C=O) groups is 1. The van der Waals surface area contributed by atoms with Crippen LogP contribution in [0.2, 0.25) is 0 Å². The van der Waals surface area contributed by atoms with Gasteiger partial charge in [-0.25, -0.2) is 0 Å². The van der Waals surface area contributed by atoms with Crippen molar-refractivity contribution >= 4 is 46.1 Å². The number of carbonyl (C=O) groups excluding carboxylic acids is 1. The van der Waals surface area contributed by atoms with E-state index in [9.17, 15) is 14.9 Å². The summed E-state index contributed by atoms with van der Waals surface area (Å²) in [5, 5.41) is 9.90. The molecule has 3 rings (SSSR count). The van der Waals surface area contributed by atoms with Gasteiger partial charge in [0.1, 0.15) is 21.8 Å². The summed E-state index contributed by atoms with van der Waals surface area (Å²) in [5.74, 6) is 1.86. The summed E-state index contributed by atoms with van der Waals surface area (Å²) in [5.41, 5.74) is 1.39. The summed E-state index contributed by atoms with van der Waals surface area (Å²) in [6, 6.07) is 2.16. The topological polar surface area (TPSA) is 69.3 Å². The maximum Gasteiger partial charge on any atom is 0.270 e. The van der Waals surface area contributed by atoms with E-state index in [2.05, 4.69) is 38.7 Å². The SMILES string of the molecule is CCCCC(CC)CN1C(=O)/C(=C\c2c(C)c(C#N)c(=O)n(CCCC)c2N2CCC(C)CC2)SC1=S. The highest BCUT2D eigenvalue weighted by Crippen LogP contribution is 2.37. The van der Waals surface area contributed by atoms with Crippen molar-refractivity contribution in [2.75, 3.05) is 24.5 Å². The average Bonchev–Trinajstić information content (AvgIpc) is 3.15. The van der Waals surface area contributed by atoms with Gasteiger partial charge in [0.25, 0.3) is 11.5 Å². The van der Waals surface area contributed by atoms with E-state index in [1.54, 1.807) is 9.47 Å². The minimum atomic E-state index is -0.228. The smallest absolute Gasteiger partial charge is 0.270 e. The first kappa shape index (κ1) is 29.4. The molecule has 0 bridgehead atoms. The number of rotatable bonds is 11. The molecule has 1 aromatic rings. The lowest BCUT2D eigenvalue weighted by Gasteiger charge is -2.35. The normalized spacial score (nSPS) is 18.6. The van der Waals surface area contributed by atoms with Gasteiger partial charge in [0, 0.05) is 31.7 Å². The third kappa shape index (κ3) is 6.67. The molecule has 2 fully saturated rings. The zero-order chi connectivity index (χ0) is 27.1. The molecule has 2 aliphatic rings. The maximum atomic E-state index is 13.6. The molecule has 8 heteroatoms. The molecule has 37 heavy (non-hydrogen) atoms. The molecule has 3 heterocycles. The van der Waals surface area contributed by atoms with Crippen molar-refractivity contribution in [1.82, 2.24) is 9.47 Å². The number of nitriles is 1. The van der Waals surface area contributed by atoms with Gasteiger partial charge < -0.3 is 4.90 Å². The number of piperidine rings is 1. The number of hydrogen-bond donors (Lipinski definition) is 0. The Kier molecular flexibility index (Phi) is 10.8. The number of aromatic nitrogens is 1. The summed E-state index contributed by atoms with van der Waals surface area (Å²) in [4.78, 5) is 31.6. The lowest BCUT2D eigenvalue weighted by Crippen LogP contribution is -2.39. The lowest BCUT2D eigenvalue weighted by molar-refractivity contribution is -0.122. The largest absolute Gasteiger partial charge is 0.357 e. The maximum absolute atomic E-state index is 13.6. The molecule has 0 N–H and O–H groups in total. The molecule has 0 saturated carbocycles. The Morgan fingerprint density at radius 2 is 1.84 bits per heavy atom. The first-order valence-electron chi connectivity index (χ1n) is 13.9. The van der Waals surface area contributed by atoms with Crippen LogP contribution in [0.25, 0.3) is 6.08 Å². The number of nitrogens with zero attached hydrogens (tertiary/aromatic N) is 4. The van der Waals surface area contributed by atoms with Gasteiger partial charge in [-0.05, 0) is 56.1 Å². The van der Waals surface area contributed by atoms with Crippen molar-refractivity contribution in [2.45, 2.75) is 92.5 Å². The lowest BCUT2D eigenvalue weighted by atomic mass is 9.97. The van der Waals surface area contributed by atoms with Crippen LogP contribution in [-0.2, 0) is 11.3 Å². The van der Waals surface area contributed by atoms with Crippen LogP contribution in [-0.4, -0.2) is 39.3 Å². The monoisotopic (exact) mass is 542 g/mol. The molecule has 2 aliphatic heterocycles. The third-order valence-electron chi connectivity index (χ3n) is 7.80. The van der Waals surface area contributed by atoms with Crippen LogP contribution in [0.5, 0.6) is 0 Å². The van der Waals surface area contributed by atoms with Crippen LogP contribution >= 0.6 is 24.0 Å². The van der Waals surface area contributed by atoms with E-state index < -0.39 is 0 Å². The molecule has 0 spiro atoms. The Morgan fingerprint density at radius 1 is 1.16 bits per heavy atom. The fraction of sp³-hybridized carbons (Fsp3) is 0.655. The highest BCUT2D eigenvalue weighted by Gasteiger charge is 2.34. The quantitative estimate of drug-likeness (QED) is 0.235. The first-order chi connectivity index (χ1) is 17.8. The number of pyridine rings is 1. The molecule has 0 aliphatic carbocycles. The molecule has 6 nitrogen and oxygen atoms in total. The molecule has 1 atom stereocenters. The second-order valence-electron chi connectivity index (χ2n) is 10.5. The number of hydrogen-bond acceptors (Lipinski definition) is 6. The molecule has 0 aromatic carbocycles. The summed E-state index contributed by atoms with van der Waals surface area (Å²) < 4.78 is 2.38. The molecular formula is C29H42N4O2S2. The minimum absolute atomic E-state index is 0.0626. The Morgan fingerprint density at radius 3 is 2.43 bits per heavy atom. The van der Waals surface area contributed by atoms with Crippen molar-refractivity contribution in [2.24, 2.45) is 11.8 Å². The van der Waals surface area contributed by atoms with Crippen LogP contribution < -0.4 is 10.5 Å². The van der Waals surface area contributed by atoms with Gasteiger partial charge in [0.05, 0.1) is 4.91 Å². The molecule has 202 valence electrons. The Balaban J connectivity index is 2.09. The van der Waals surface area contributed by atoms with E-state index in [0.717, 1.165) is 75.8 Å². The fourth-order valence-electron chi connectivity index (χ4n) is 5.19. The van der Waals surface area contributed by atoms with Crippen molar-refractivity contribution in [3.8, 4) is 6.07 Å². The number of amides is 1. The summed E-state index contributed by atoms with van der Waals surface area (Å²) in [7, 11) is 0. The van der Waals surface area contributed by atoms with Gasteiger partial charge in [-0.1, -0.05) is 77.4 Å². The molecular weight excluding hydrogens is 500 g/mol. The van der Waals surface area contributed by atoms with E-state index in [1.807, 2.05) is 13.0 Å². The average molecular weight is 543 g/mol. The van der Waals surface area contributed by atoms with Crippen LogP contribution in [0.1, 0.15) is 95.8 Å². The zero-order valence-electron chi connectivity index (χ0n) is 23.1. The van der Waals surface area contributed by atoms with E-state index in [4.69, 9.17) is 12.2 Å². The van der Waals surface area contributed by atoms with E-state index in [-0.39, 0.29) is 17.0 Å². The van der Waals surface area contributed by atoms with Gasteiger partial charge in [-0.2, -0.15) is 5.26 Å². The van der Waals surface area contributed by atoms with Gasteiger partial charge in [0.2, 0.25) is 0 Å². The van der Waals surface area contributed by atoms with Gasteiger partial charge in [0.15, 0.2) is 0 Å². The zero-order valence-corrected chi connectivity index (χ0v) is 24.8. The number of unbranched alkanes of at least 4 members (excludes halogenated alkanes) is 2. The molecule has 1 unspecified atom stereocenters. The molecule has 1 amide bonds. The highest BCUT2D eigenvalue weighted by molar-refractivity contribution is 8.26. The summed E-state index contributed by atoms with van der Waals surface area (Å²) >= 11 is 6.99. The van der Waals surface area contributed by atoms with Gasteiger partial charge in [-0.15, -0.1) is 0 Å². The summed E-state index contributed by atoms with van der Waals surface area (Å²) in [6.45, 7) is 13.5. The number of thiocarbonyl (C=S) groups is 1. The van der Waals surface area contributed by atoms with Crippen LogP contribution in [0.4, 0.5) is 5.82 Å². The van der Waals surface area contributed by atoms with Gasteiger partial charge >= 0.3 is 0 Å². The number of thioether (sulfide) groups is 1. The third-order valence-corrected chi connectivity index (χ3v) is 9.18. The van der Waals surface area contributed by atoms with Crippen LogP contribution in [0, 0.1) is 30.1 Å². The minimum Gasteiger partial charge on any atom is -0.357 e. The fourth-order valence-corrected chi connectivity index (χ4v) is 6.45. The van der Waals surface area contributed by atoms with Crippen molar-refractivity contribution < 1.29 is 4.79 Å². The standard InChI is InChI=1S/C29H42N4O2S2/c1-6-9-11-22(8-3)19-33-28(35)25(37-29(33)36)17-23-21(5)24(18-30)27(34)32(14-10-7-2)26(23)31-15-12-20(4)13-16-31/h17,20,22H,6-16,19H2,1-5H3/b25-17+. The molecule has 2 saturated heterocycles. The first-order valence-corrected chi connectivity index (χ1v) is 15.2. The van der Waals surface area contributed by atoms with E-state index in [1.165, 1.54) is 11.8 Å². The predicted molar refractivity (Wildman–Crippen MR) is 159 cm³/mol. The van der Waals surface area contributed by atoms with Crippen LogP contribution in [0.15, 0.2) is 9.70 Å². The predicted octanol–water partition coefficient (Wildman–Crippen LogP) is 6.48. The second kappa shape index (κ2) is 13.6. The molecule has 1 aromatic heterocycles. The molecule has 0 radical (unpaired) electrons. The summed E-state index contributed by atoms with van der Waals surface area (Å²) in [6.07, 6.45) is 10.2. The van der Waals surface area contributed by atoms with Gasteiger partial charge in [-0.3, -0.25) is 19.1 Å². The Bertz CT molecular complexity index is 1130.